The number of primary amides is 1. The number of nitrogens with zero attached hydrogens (tertiary/aromatic N) is 2. The first-order chi connectivity index (χ1) is 8.87. The van der Waals surface area contributed by atoms with Crippen molar-refractivity contribution in [2.75, 3.05) is 12.0 Å². The summed E-state index contributed by atoms with van der Waals surface area (Å²) in [6.07, 6.45) is 4.65. The number of rotatable bonds is 4. The van der Waals surface area contributed by atoms with E-state index in [0.29, 0.717) is 17.5 Å². The Hall–Kier alpha value is -2.02. The van der Waals surface area contributed by atoms with Gasteiger partial charge in [-0.05, 0) is 24.1 Å². The summed E-state index contributed by atoms with van der Waals surface area (Å²) in [6, 6.07) is 3.21. The third-order valence-corrected chi connectivity index (χ3v) is 3.61. The van der Waals surface area contributed by atoms with Gasteiger partial charge in [-0.15, -0.1) is 0 Å². The van der Waals surface area contributed by atoms with Crippen molar-refractivity contribution in [3.05, 3.63) is 35.8 Å². The molecule has 2 heterocycles. The molecule has 1 amide bonds. The highest BCUT2D eigenvalue weighted by atomic mass is 32.2. The number of aryl methyl sites for hydroxylation is 1. The first-order valence-corrected chi connectivity index (χ1v) is 7.64. The predicted octanol–water partition coefficient (Wildman–Crippen LogP) is 0.316. The summed E-state index contributed by atoms with van der Waals surface area (Å²) in [5, 5.41) is 0.746. The van der Waals surface area contributed by atoms with Crippen LogP contribution >= 0.6 is 0 Å². The zero-order chi connectivity index (χ0) is 14.0. The molecule has 19 heavy (non-hydrogen) atoms. The number of hydrogen-bond donors (Lipinski definition) is 1. The first-order valence-electron chi connectivity index (χ1n) is 5.58. The zero-order valence-electron chi connectivity index (χ0n) is 10.3. The SMILES string of the molecule is CS(=O)(=O)CCc1cncc2ccc(C(N)=O)nc12. The van der Waals surface area contributed by atoms with Crippen molar-refractivity contribution in [1.29, 1.82) is 0 Å². The highest BCUT2D eigenvalue weighted by Crippen LogP contribution is 2.16. The van der Waals surface area contributed by atoms with Crippen molar-refractivity contribution in [3.63, 3.8) is 0 Å². The van der Waals surface area contributed by atoms with Crippen LogP contribution in [0.15, 0.2) is 24.5 Å². The van der Waals surface area contributed by atoms with Gasteiger partial charge in [-0.2, -0.15) is 0 Å². The molecule has 100 valence electrons. The smallest absolute Gasteiger partial charge is 0.267 e. The topological polar surface area (TPSA) is 103 Å². The molecule has 0 radical (unpaired) electrons. The maximum Gasteiger partial charge on any atom is 0.267 e. The lowest BCUT2D eigenvalue weighted by Crippen LogP contribution is -2.13. The minimum atomic E-state index is -3.06. The van der Waals surface area contributed by atoms with Gasteiger partial charge in [0.2, 0.25) is 0 Å². The summed E-state index contributed by atoms with van der Waals surface area (Å²) >= 11 is 0. The van der Waals surface area contributed by atoms with Crippen LogP contribution in [0.2, 0.25) is 0 Å². The number of fused-ring (bicyclic) bond motifs is 1. The van der Waals surface area contributed by atoms with E-state index in [4.69, 9.17) is 5.73 Å². The zero-order valence-corrected chi connectivity index (χ0v) is 11.1. The Morgan fingerprint density at radius 2 is 2.05 bits per heavy atom. The van der Waals surface area contributed by atoms with Crippen LogP contribution in [-0.4, -0.2) is 36.3 Å². The van der Waals surface area contributed by atoms with E-state index in [0.717, 1.165) is 5.39 Å². The van der Waals surface area contributed by atoms with Gasteiger partial charge >= 0.3 is 0 Å². The Morgan fingerprint density at radius 3 is 2.68 bits per heavy atom. The normalized spacial score (nSPS) is 11.6. The van der Waals surface area contributed by atoms with Crippen molar-refractivity contribution in [2.24, 2.45) is 5.73 Å². The molecule has 0 spiro atoms. The molecular formula is C12H13N3O3S. The molecule has 7 heteroatoms. The van der Waals surface area contributed by atoms with Gasteiger partial charge in [-0.3, -0.25) is 9.78 Å². The van der Waals surface area contributed by atoms with Gasteiger partial charge in [0, 0.05) is 24.0 Å². The number of sulfone groups is 1. The van der Waals surface area contributed by atoms with Crippen LogP contribution in [-0.2, 0) is 16.3 Å². The molecule has 0 bridgehead atoms. The van der Waals surface area contributed by atoms with Gasteiger partial charge in [0.1, 0.15) is 15.5 Å². The summed E-state index contributed by atoms with van der Waals surface area (Å²) in [5.41, 5.74) is 6.59. The van der Waals surface area contributed by atoms with E-state index in [1.807, 2.05) is 0 Å². The lowest BCUT2D eigenvalue weighted by Gasteiger charge is -2.05. The lowest BCUT2D eigenvalue weighted by atomic mass is 10.1. The molecule has 6 nitrogen and oxygen atoms in total. The molecule has 0 fully saturated rings. The highest BCUT2D eigenvalue weighted by Gasteiger charge is 2.10. The molecule has 0 atom stereocenters. The summed E-state index contributed by atoms with van der Waals surface area (Å²) < 4.78 is 22.4. The quantitative estimate of drug-likeness (QED) is 0.867. The van der Waals surface area contributed by atoms with Crippen LogP contribution in [0.4, 0.5) is 0 Å². The molecule has 0 unspecified atom stereocenters. The van der Waals surface area contributed by atoms with Crippen molar-refractivity contribution in [1.82, 2.24) is 9.97 Å². The summed E-state index contributed by atoms with van der Waals surface area (Å²) in [5.74, 6) is -0.608. The number of aromatic nitrogens is 2. The Morgan fingerprint density at radius 1 is 1.32 bits per heavy atom. The fourth-order valence-corrected chi connectivity index (χ4v) is 2.31. The van der Waals surface area contributed by atoms with Gasteiger partial charge in [-0.1, -0.05) is 0 Å². The average Bonchev–Trinajstić information content (AvgIpc) is 2.34. The van der Waals surface area contributed by atoms with Crippen molar-refractivity contribution in [3.8, 4) is 0 Å². The molecule has 0 saturated heterocycles. The van der Waals surface area contributed by atoms with Gasteiger partial charge in [-0.25, -0.2) is 13.4 Å². The molecule has 0 saturated carbocycles. The van der Waals surface area contributed by atoms with Crippen LogP contribution in [0.1, 0.15) is 16.1 Å². The van der Waals surface area contributed by atoms with Crippen molar-refractivity contribution >= 4 is 26.6 Å². The number of carbonyl (C=O) groups is 1. The van der Waals surface area contributed by atoms with E-state index >= 15 is 0 Å². The van der Waals surface area contributed by atoms with E-state index in [-0.39, 0.29) is 11.4 Å². The average molecular weight is 279 g/mol. The fourth-order valence-electron chi connectivity index (χ4n) is 1.72. The third-order valence-electron chi connectivity index (χ3n) is 2.67. The third kappa shape index (κ3) is 3.25. The second kappa shape index (κ2) is 4.93. The minimum Gasteiger partial charge on any atom is -0.364 e. The van der Waals surface area contributed by atoms with E-state index in [9.17, 15) is 13.2 Å². The van der Waals surface area contributed by atoms with Crippen molar-refractivity contribution in [2.45, 2.75) is 6.42 Å². The molecule has 0 aliphatic carbocycles. The Kier molecular flexibility index (Phi) is 3.48. The Labute approximate surface area is 110 Å². The van der Waals surface area contributed by atoms with E-state index in [2.05, 4.69) is 9.97 Å². The highest BCUT2D eigenvalue weighted by molar-refractivity contribution is 7.90. The van der Waals surface area contributed by atoms with Gasteiger partial charge in [0.15, 0.2) is 0 Å². The fraction of sp³-hybridized carbons (Fsp3) is 0.250. The van der Waals surface area contributed by atoms with Crippen molar-refractivity contribution < 1.29 is 13.2 Å². The number of nitrogens with two attached hydrogens (primary N) is 1. The number of amides is 1. The standard InChI is InChI=1S/C12H13N3O3S/c1-19(17,18)5-4-9-7-14-6-8-2-3-10(12(13)16)15-11(8)9/h2-3,6-7H,4-5H2,1H3,(H2,13,16). The molecule has 2 aromatic heterocycles. The summed E-state index contributed by atoms with van der Waals surface area (Å²) in [4.78, 5) is 19.3. The molecular weight excluding hydrogens is 266 g/mol. The number of pyridine rings is 2. The van der Waals surface area contributed by atoms with Crippen LogP contribution in [0.3, 0.4) is 0 Å². The van der Waals surface area contributed by atoms with E-state index < -0.39 is 15.7 Å². The van der Waals surface area contributed by atoms with E-state index in [1.165, 1.54) is 12.3 Å². The number of hydrogen-bond acceptors (Lipinski definition) is 5. The molecule has 2 rings (SSSR count). The van der Waals surface area contributed by atoms with Crippen LogP contribution in [0.5, 0.6) is 0 Å². The molecule has 0 aliphatic heterocycles. The first kappa shape index (κ1) is 13.4. The van der Waals surface area contributed by atoms with Gasteiger partial charge in [0.05, 0.1) is 11.3 Å². The van der Waals surface area contributed by atoms with Gasteiger partial charge < -0.3 is 5.73 Å². The molecule has 2 N–H and O–H groups in total. The molecule has 0 aromatic carbocycles. The lowest BCUT2D eigenvalue weighted by molar-refractivity contribution is 0.0996. The maximum absolute atomic E-state index is 11.2. The minimum absolute atomic E-state index is 0.0102. The largest absolute Gasteiger partial charge is 0.364 e. The summed E-state index contributed by atoms with van der Waals surface area (Å²) in [7, 11) is -3.06. The molecule has 0 aliphatic rings. The number of carbonyl (C=O) groups excluding carboxylic acids is 1. The maximum atomic E-state index is 11.2. The monoisotopic (exact) mass is 279 g/mol. The second-order valence-corrected chi connectivity index (χ2v) is 6.57. The Balaban J connectivity index is 2.48. The summed E-state index contributed by atoms with van der Waals surface area (Å²) in [6.45, 7) is 0. The predicted molar refractivity (Wildman–Crippen MR) is 71.5 cm³/mol. The second-order valence-electron chi connectivity index (χ2n) is 4.31. The van der Waals surface area contributed by atoms with Crippen LogP contribution in [0, 0.1) is 0 Å². The van der Waals surface area contributed by atoms with Crippen LogP contribution in [0.25, 0.3) is 10.9 Å². The Bertz CT molecular complexity index is 741. The molecule has 2 aromatic rings. The van der Waals surface area contributed by atoms with E-state index in [1.54, 1.807) is 18.5 Å². The van der Waals surface area contributed by atoms with Gasteiger partial charge in [0.25, 0.3) is 5.91 Å². The van der Waals surface area contributed by atoms with Crippen LogP contribution < -0.4 is 5.73 Å².